The summed E-state index contributed by atoms with van der Waals surface area (Å²) in [5, 5.41) is 2.79. The van der Waals surface area contributed by atoms with Crippen LogP contribution in [0.5, 0.6) is 23.0 Å². The van der Waals surface area contributed by atoms with Gasteiger partial charge in [0.05, 0.1) is 37.2 Å². The van der Waals surface area contributed by atoms with Gasteiger partial charge in [-0.15, -0.1) is 12.4 Å². The highest BCUT2D eigenvalue weighted by Gasteiger charge is 2.36. The van der Waals surface area contributed by atoms with Crippen LogP contribution < -0.4 is 34.9 Å². The Hall–Kier alpha value is -3.33. The predicted molar refractivity (Wildman–Crippen MR) is 113 cm³/mol. The van der Waals surface area contributed by atoms with Gasteiger partial charge in [0.15, 0.2) is 11.5 Å². The Morgan fingerprint density at radius 1 is 1.10 bits per heavy atom. The summed E-state index contributed by atoms with van der Waals surface area (Å²) in [5.41, 5.74) is 7.40. The standard InChI is InChI=1S/C20H21N3O6.ClH/c1-26-13-4-12(5-14(6-13)27-2)23-9-11(3-19(23)24)20(25)22-16-8-18-17(7-15(16)21)28-10-29-18;/h4-8,11H,3,9-10,21H2,1-2H3,(H,22,25);1H. The maximum Gasteiger partial charge on any atom is 0.231 e. The van der Waals surface area contributed by atoms with Crippen molar-refractivity contribution in [3.63, 3.8) is 0 Å². The number of nitrogens with one attached hydrogen (secondary N) is 1. The van der Waals surface area contributed by atoms with Gasteiger partial charge in [-0.3, -0.25) is 9.59 Å². The zero-order valence-electron chi connectivity index (χ0n) is 16.5. The SMILES string of the molecule is COc1cc(OC)cc(N2CC(C(=O)Nc3cc4c(cc3N)OCO4)CC2=O)c1.Cl. The molecule has 30 heavy (non-hydrogen) atoms. The third kappa shape index (κ3) is 4.02. The van der Waals surface area contributed by atoms with Crippen LogP contribution in [-0.4, -0.2) is 39.4 Å². The molecular weight excluding hydrogens is 414 g/mol. The van der Waals surface area contributed by atoms with Crippen molar-refractivity contribution in [2.24, 2.45) is 5.92 Å². The van der Waals surface area contributed by atoms with Crippen molar-refractivity contribution in [3.8, 4) is 23.0 Å². The first-order valence-corrected chi connectivity index (χ1v) is 9.02. The van der Waals surface area contributed by atoms with Gasteiger partial charge in [0.25, 0.3) is 0 Å². The highest BCUT2D eigenvalue weighted by Crippen LogP contribution is 2.39. The summed E-state index contributed by atoms with van der Waals surface area (Å²) in [4.78, 5) is 26.9. The van der Waals surface area contributed by atoms with Gasteiger partial charge in [0.2, 0.25) is 18.6 Å². The summed E-state index contributed by atoms with van der Waals surface area (Å²) < 4.78 is 21.1. The fourth-order valence-corrected chi connectivity index (χ4v) is 3.38. The zero-order valence-corrected chi connectivity index (χ0v) is 17.3. The Bertz CT molecular complexity index is 961. The number of carbonyl (C=O) groups excluding carboxylic acids is 2. The zero-order chi connectivity index (χ0) is 20.5. The molecule has 0 saturated carbocycles. The number of hydrogen-bond donors (Lipinski definition) is 2. The van der Waals surface area contributed by atoms with E-state index in [1.165, 1.54) is 14.2 Å². The number of rotatable bonds is 5. The number of ether oxygens (including phenoxy) is 4. The number of amides is 2. The molecule has 2 aromatic carbocycles. The summed E-state index contributed by atoms with van der Waals surface area (Å²) in [6.45, 7) is 0.355. The summed E-state index contributed by atoms with van der Waals surface area (Å²) in [5.74, 6) is 1.21. The van der Waals surface area contributed by atoms with Crippen molar-refractivity contribution in [1.29, 1.82) is 0 Å². The van der Waals surface area contributed by atoms with E-state index in [4.69, 9.17) is 24.7 Å². The molecule has 3 N–H and O–H groups in total. The van der Waals surface area contributed by atoms with E-state index in [-0.39, 0.29) is 44.0 Å². The van der Waals surface area contributed by atoms with E-state index in [0.29, 0.717) is 40.1 Å². The van der Waals surface area contributed by atoms with Crippen LogP contribution >= 0.6 is 12.4 Å². The first-order valence-electron chi connectivity index (χ1n) is 9.02. The number of methoxy groups -OCH3 is 2. The molecule has 2 aliphatic rings. The minimum Gasteiger partial charge on any atom is -0.497 e. The molecule has 2 heterocycles. The van der Waals surface area contributed by atoms with Gasteiger partial charge in [-0.1, -0.05) is 0 Å². The molecule has 0 spiro atoms. The number of anilines is 3. The number of nitrogens with zero attached hydrogens (tertiary/aromatic N) is 1. The van der Waals surface area contributed by atoms with E-state index in [9.17, 15) is 9.59 Å². The van der Waals surface area contributed by atoms with E-state index < -0.39 is 5.92 Å². The van der Waals surface area contributed by atoms with Gasteiger partial charge in [-0.05, 0) is 0 Å². The summed E-state index contributed by atoms with van der Waals surface area (Å²) in [6, 6.07) is 8.41. The van der Waals surface area contributed by atoms with Crippen molar-refractivity contribution in [3.05, 3.63) is 30.3 Å². The molecule has 160 valence electrons. The van der Waals surface area contributed by atoms with Crippen LogP contribution in [0, 0.1) is 5.92 Å². The van der Waals surface area contributed by atoms with E-state index in [2.05, 4.69) is 5.32 Å². The number of fused-ring (bicyclic) bond motifs is 1. The lowest BCUT2D eigenvalue weighted by Crippen LogP contribution is -2.28. The molecule has 1 atom stereocenters. The molecule has 9 nitrogen and oxygen atoms in total. The van der Waals surface area contributed by atoms with E-state index in [1.807, 2.05) is 0 Å². The van der Waals surface area contributed by atoms with Crippen LogP contribution in [0.3, 0.4) is 0 Å². The first-order chi connectivity index (χ1) is 14.0. The maximum atomic E-state index is 12.8. The van der Waals surface area contributed by atoms with E-state index in [0.717, 1.165) is 0 Å². The topological polar surface area (TPSA) is 112 Å². The lowest BCUT2D eigenvalue weighted by molar-refractivity contribution is -0.122. The third-order valence-electron chi connectivity index (χ3n) is 4.95. The lowest BCUT2D eigenvalue weighted by atomic mass is 10.1. The largest absolute Gasteiger partial charge is 0.497 e. The molecule has 10 heteroatoms. The second-order valence-electron chi connectivity index (χ2n) is 6.76. The maximum absolute atomic E-state index is 12.8. The van der Waals surface area contributed by atoms with Crippen LogP contribution in [-0.2, 0) is 9.59 Å². The monoisotopic (exact) mass is 435 g/mol. The van der Waals surface area contributed by atoms with Crippen LogP contribution in [0.15, 0.2) is 30.3 Å². The molecule has 1 saturated heterocycles. The van der Waals surface area contributed by atoms with Gasteiger partial charge < -0.3 is 34.9 Å². The number of benzene rings is 2. The van der Waals surface area contributed by atoms with Crippen LogP contribution in [0.25, 0.3) is 0 Å². The second kappa shape index (κ2) is 8.58. The van der Waals surface area contributed by atoms with Crippen LogP contribution in [0.4, 0.5) is 17.1 Å². The van der Waals surface area contributed by atoms with E-state index in [1.54, 1.807) is 35.2 Å². The van der Waals surface area contributed by atoms with Gasteiger partial charge >= 0.3 is 0 Å². The van der Waals surface area contributed by atoms with Crippen molar-refractivity contribution < 1.29 is 28.5 Å². The van der Waals surface area contributed by atoms with Gasteiger partial charge in [-0.2, -0.15) is 0 Å². The molecule has 0 aliphatic carbocycles. The lowest BCUT2D eigenvalue weighted by Gasteiger charge is -2.19. The van der Waals surface area contributed by atoms with Crippen LogP contribution in [0.2, 0.25) is 0 Å². The molecule has 1 unspecified atom stereocenters. The second-order valence-corrected chi connectivity index (χ2v) is 6.76. The fraction of sp³-hybridized carbons (Fsp3) is 0.300. The van der Waals surface area contributed by atoms with E-state index >= 15 is 0 Å². The quantitative estimate of drug-likeness (QED) is 0.693. The molecular formula is C20H22ClN3O6. The molecule has 2 amide bonds. The van der Waals surface area contributed by atoms with Crippen molar-refractivity contribution in [2.45, 2.75) is 6.42 Å². The minimum atomic E-state index is -0.524. The molecule has 0 aromatic heterocycles. The van der Waals surface area contributed by atoms with Crippen molar-refractivity contribution in [1.82, 2.24) is 0 Å². The molecule has 0 bridgehead atoms. The minimum absolute atomic E-state index is 0. The smallest absolute Gasteiger partial charge is 0.231 e. The molecule has 2 aliphatic heterocycles. The Balaban J connectivity index is 0.00000256. The molecule has 2 aromatic rings. The summed E-state index contributed by atoms with van der Waals surface area (Å²) in [6.07, 6.45) is 0.0931. The number of carbonyl (C=O) groups is 2. The Morgan fingerprint density at radius 3 is 2.37 bits per heavy atom. The molecule has 0 radical (unpaired) electrons. The van der Waals surface area contributed by atoms with Crippen molar-refractivity contribution in [2.75, 3.05) is 43.5 Å². The number of nitrogen functional groups attached to an aromatic ring is 1. The summed E-state index contributed by atoms with van der Waals surface area (Å²) in [7, 11) is 3.08. The first kappa shape index (κ1) is 21.4. The van der Waals surface area contributed by atoms with Crippen molar-refractivity contribution >= 4 is 41.3 Å². The highest BCUT2D eigenvalue weighted by atomic mass is 35.5. The highest BCUT2D eigenvalue weighted by molar-refractivity contribution is 6.04. The molecule has 4 rings (SSSR count). The third-order valence-corrected chi connectivity index (χ3v) is 4.95. The van der Waals surface area contributed by atoms with Crippen LogP contribution in [0.1, 0.15) is 6.42 Å². The summed E-state index contributed by atoms with van der Waals surface area (Å²) >= 11 is 0. The average Bonchev–Trinajstić information content (AvgIpc) is 3.33. The number of nitrogens with two attached hydrogens (primary N) is 1. The van der Waals surface area contributed by atoms with Gasteiger partial charge in [0, 0.05) is 43.3 Å². The van der Waals surface area contributed by atoms with Gasteiger partial charge in [-0.25, -0.2) is 0 Å². The predicted octanol–water partition coefficient (Wildman–Crippen LogP) is 2.43. The fourth-order valence-electron chi connectivity index (χ4n) is 3.38. The number of halogens is 1. The van der Waals surface area contributed by atoms with Gasteiger partial charge in [0.1, 0.15) is 11.5 Å². The number of hydrogen-bond acceptors (Lipinski definition) is 7. The average molecular weight is 436 g/mol. The molecule has 1 fully saturated rings. The Labute approximate surface area is 179 Å². The Kier molecular flexibility index (Phi) is 6.12. The normalized spacial score (nSPS) is 16.8. The Morgan fingerprint density at radius 2 is 1.73 bits per heavy atom.